The highest BCUT2D eigenvalue weighted by atomic mass is 32.2. The molecule has 0 atom stereocenters. The van der Waals surface area contributed by atoms with Crippen molar-refractivity contribution in [1.29, 1.82) is 0 Å². The second-order valence-electron chi connectivity index (χ2n) is 7.21. The summed E-state index contributed by atoms with van der Waals surface area (Å²) in [5.74, 6) is -0.0419. The van der Waals surface area contributed by atoms with Gasteiger partial charge in [-0.05, 0) is 49.2 Å². The van der Waals surface area contributed by atoms with Crippen molar-refractivity contribution in [3.05, 3.63) is 81.9 Å². The fourth-order valence-electron chi connectivity index (χ4n) is 3.26. The van der Waals surface area contributed by atoms with Gasteiger partial charge in [0.25, 0.3) is 5.91 Å². The summed E-state index contributed by atoms with van der Waals surface area (Å²) in [6.45, 7) is 2.17. The molecule has 164 valence electrons. The van der Waals surface area contributed by atoms with Crippen LogP contribution in [0.1, 0.15) is 26.6 Å². The van der Waals surface area contributed by atoms with Gasteiger partial charge in [-0.2, -0.15) is 0 Å². The molecule has 0 unspecified atom stereocenters. The van der Waals surface area contributed by atoms with E-state index in [1.165, 1.54) is 0 Å². The first-order chi connectivity index (χ1) is 15.6. The number of hydrogen-bond acceptors (Lipinski definition) is 6. The Labute approximate surface area is 194 Å². The first-order valence-electron chi connectivity index (χ1n) is 10.2. The number of thiazole rings is 1. The van der Waals surface area contributed by atoms with Gasteiger partial charge in [0, 0.05) is 39.7 Å². The Bertz CT molecular complexity index is 1210. The zero-order valence-electron chi connectivity index (χ0n) is 17.6. The van der Waals surface area contributed by atoms with E-state index >= 15 is 0 Å². The van der Waals surface area contributed by atoms with Crippen LogP contribution in [0.25, 0.3) is 10.9 Å². The van der Waals surface area contributed by atoms with Crippen molar-refractivity contribution in [3.63, 3.8) is 0 Å². The summed E-state index contributed by atoms with van der Waals surface area (Å²) >= 11 is 3.30. The molecule has 6 nitrogen and oxygen atoms in total. The van der Waals surface area contributed by atoms with Crippen molar-refractivity contribution in [3.8, 4) is 0 Å². The number of fused-ring (bicyclic) bond motifs is 1. The molecule has 1 amide bonds. The molecule has 4 aromatic rings. The Morgan fingerprint density at radius 1 is 1.16 bits per heavy atom. The second kappa shape index (κ2) is 10.5. The average molecular weight is 466 g/mol. The van der Waals surface area contributed by atoms with Gasteiger partial charge in [-0.15, -0.1) is 23.1 Å². The van der Waals surface area contributed by atoms with Gasteiger partial charge in [0.1, 0.15) is 0 Å². The van der Waals surface area contributed by atoms with Gasteiger partial charge in [0.15, 0.2) is 6.61 Å². The highest BCUT2D eigenvalue weighted by Crippen LogP contribution is 2.24. The third-order valence-electron chi connectivity index (χ3n) is 4.87. The Kier molecular flexibility index (Phi) is 7.24. The lowest BCUT2D eigenvalue weighted by Crippen LogP contribution is -2.30. The zero-order chi connectivity index (χ0) is 22.3. The minimum absolute atomic E-state index is 0.299. The number of esters is 1. The molecule has 8 heteroatoms. The van der Waals surface area contributed by atoms with E-state index in [1.54, 1.807) is 35.2 Å². The molecule has 32 heavy (non-hydrogen) atoms. The number of hydrogen-bond donors (Lipinski definition) is 2. The van der Waals surface area contributed by atoms with Gasteiger partial charge in [0.05, 0.1) is 16.3 Å². The molecule has 2 aromatic heterocycles. The van der Waals surface area contributed by atoms with Crippen LogP contribution in [0, 0.1) is 6.92 Å². The molecule has 0 fully saturated rings. The number of nitrogens with one attached hydrogen (secondary N) is 2. The third kappa shape index (κ3) is 5.77. The minimum atomic E-state index is -0.511. The van der Waals surface area contributed by atoms with E-state index in [-0.39, 0.29) is 12.5 Å². The Morgan fingerprint density at radius 3 is 2.75 bits per heavy atom. The number of carbonyl (C=O) groups is 2. The summed E-state index contributed by atoms with van der Waals surface area (Å²) in [5, 5.41) is 7.06. The number of benzene rings is 2. The molecule has 0 spiro atoms. The molecule has 0 aliphatic rings. The number of ether oxygens (including phenoxy) is 1. The van der Waals surface area contributed by atoms with E-state index in [1.807, 2.05) is 43.5 Å². The molecule has 0 saturated carbocycles. The molecular formula is C24H23N3O3S2. The van der Waals surface area contributed by atoms with E-state index in [9.17, 15) is 9.59 Å². The third-order valence-corrected chi connectivity index (χ3v) is 6.74. The molecule has 2 aromatic carbocycles. The number of amides is 1. The number of thioether (sulfide) groups is 1. The molecular weight excluding hydrogens is 442 g/mol. The van der Waals surface area contributed by atoms with E-state index in [0.29, 0.717) is 18.5 Å². The van der Waals surface area contributed by atoms with Crippen LogP contribution in [-0.2, 0) is 21.7 Å². The summed E-state index contributed by atoms with van der Waals surface area (Å²) in [7, 11) is 0. The van der Waals surface area contributed by atoms with Crippen LogP contribution >= 0.6 is 23.1 Å². The molecule has 4 rings (SSSR count). The lowest BCUT2D eigenvalue weighted by Gasteiger charge is -2.07. The van der Waals surface area contributed by atoms with Crippen molar-refractivity contribution in [2.24, 2.45) is 0 Å². The highest BCUT2D eigenvalue weighted by molar-refractivity contribution is 7.98. The predicted octanol–water partition coefficient (Wildman–Crippen LogP) is 4.74. The number of para-hydroxylation sites is 1. The van der Waals surface area contributed by atoms with Crippen LogP contribution < -0.4 is 5.32 Å². The number of aryl methyl sites for hydroxylation is 1. The quantitative estimate of drug-likeness (QED) is 0.276. The molecule has 0 radical (unpaired) electrons. The van der Waals surface area contributed by atoms with Gasteiger partial charge >= 0.3 is 5.97 Å². The maximum atomic E-state index is 12.2. The van der Waals surface area contributed by atoms with Gasteiger partial charge in [0.2, 0.25) is 0 Å². The monoisotopic (exact) mass is 465 g/mol. The number of rotatable bonds is 9. The van der Waals surface area contributed by atoms with E-state index in [4.69, 9.17) is 4.74 Å². The van der Waals surface area contributed by atoms with Crippen molar-refractivity contribution >= 4 is 45.9 Å². The Balaban J connectivity index is 1.18. The summed E-state index contributed by atoms with van der Waals surface area (Å²) in [6.07, 6.45) is 2.65. The number of aromatic amines is 1. The first kappa shape index (κ1) is 22.1. The highest BCUT2D eigenvalue weighted by Gasteiger charge is 2.11. The summed E-state index contributed by atoms with van der Waals surface area (Å²) < 4.78 is 5.15. The van der Waals surface area contributed by atoms with Crippen molar-refractivity contribution in [1.82, 2.24) is 15.3 Å². The van der Waals surface area contributed by atoms with Crippen LogP contribution in [-0.4, -0.2) is 35.0 Å². The van der Waals surface area contributed by atoms with Crippen LogP contribution in [0.2, 0.25) is 0 Å². The van der Waals surface area contributed by atoms with E-state index < -0.39 is 5.97 Å². The maximum absolute atomic E-state index is 12.2. The molecule has 0 saturated heterocycles. The molecule has 0 bridgehead atoms. The fourth-order valence-corrected chi connectivity index (χ4v) is 4.77. The Hall–Kier alpha value is -3.10. The first-order valence-corrected chi connectivity index (χ1v) is 12.1. The molecule has 0 aliphatic heterocycles. The van der Waals surface area contributed by atoms with Gasteiger partial charge in [-0.25, -0.2) is 9.78 Å². The van der Waals surface area contributed by atoms with Crippen molar-refractivity contribution in [2.75, 3.05) is 13.2 Å². The normalized spacial score (nSPS) is 10.9. The van der Waals surface area contributed by atoms with Gasteiger partial charge < -0.3 is 15.0 Å². The van der Waals surface area contributed by atoms with Gasteiger partial charge in [-0.3, -0.25) is 4.79 Å². The van der Waals surface area contributed by atoms with Crippen molar-refractivity contribution in [2.45, 2.75) is 24.0 Å². The molecule has 2 N–H and O–H groups in total. The number of carbonyl (C=O) groups excluding carboxylic acids is 2. The minimum Gasteiger partial charge on any atom is -0.452 e. The predicted molar refractivity (Wildman–Crippen MR) is 128 cm³/mol. The lowest BCUT2D eigenvalue weighted by molar-refractivity contribution is -0.124. The van der Waals surface area contributed by atoms with Gasteiger partial charge in [-0.1, -0.05) is 18.2 Å². The topological polar surface area (TPSA) is 84.1 Å². The second-order valence-corrected chi connectivity index (χ2v) is 9.32. The van der Waals surface area contributed by atoms with Crippen LogP contribution in [0.3, 0.4) is 0 Å². The summed E-state index contributed by atoms with van der Waals surface area (Å²) in [5.41, 5.74) is 3.69. The zero-order valence-corrected chi connectivity index (χ0v) is 19.2. The SMILES string of the molecule is Cc1nc(CSc2ccc(C(=O)OCC(=O)NCCc3c[nH]c4ccccc34)cc2)cs1. The summed E-state index contributed by atoms with van der Waals surface area (Å²) in [6, 6.07) is 15.2. The van der Waals surface area contributed by atoms with E-state index in [2.05, 4.69) is 26.7 Å². The lowest BCUT2D eigenvalue weighted by atomic mass is 10.1. The summed E-state index contributed by atoms with van der Waals surface area (Å²) in [4.78, 5) is 33.0. The smallest absolute Gasteiger partial charge is 0.338 e. The average Bonchev–Trinajstić information content (AvgIpc) is 3.42. The molecule has 2 heterocycles. The van der Waals surface area contributed by atoms with Crippen LogP contribution in [0.15, 0.2) is 65.0 Å². The number of H-pyrrole nitrogens is 1. The number of aromatic nitrogens is 2. The Morgan fingerprint density at radius 2 is 1.97 bits per heavy atom. The fraction of sp³-hybridized carbons (Fsp3) is 0.208. The number of nitrogens with zero attached hydrogens (tertiary/aromatic N) is 1. The van der Waals surface area contributed by atoms with Crippen molar-refractivity contribution < 1.29 is 14.3 Å². The maximum Gasteiger partial charge on any atom is 0.338 e. The molecule has 0 aliphatic carbocycles. The standard InChI is InChI=1S/C24H23N3O3S2/c1-16-27-19(14-31-16)15-32-20-8-6-17(7-9-20)24(29)30-13-23(28)25-11-10-18-12-26-22-5-3-2-4-21(18)22/h2-9,12,14,26H,10-11,13,15H2,1H3,(H,25,28). The van der Waals surface area contributed by atoms with Crippen LogP contribution in [0.5, 0.6) is 0 Å². The largest absolute Gasteiger partial charge is 0.452 e. The van der Waals surface area contributed by atoms with E-state index in [0.717, 1.165) is 37.8 Å². The van der Waals surface area contributed by atoms with Crippen LogP contribution in [0.4, 0.5) is 0 Å².